The number of unbranched alkanes of at least 4 members (excludes halogenated alkanes) is 2. The van der Waals surface area contributed by atoms with Gasteiger partial charge in [-0.3, -0.25) is 0 Å². The van der Waals surface area contributed by atoms with Crippen LogP contribution >= 0.6 is 0 Å². The first-order chi connectivity index (χ1) is 8.81. The Labute approximate surface area is 110 Å². The number of oxime groups is 1. The van der Waals surface area contributed by atoms with Gasteiger partial charge in [-0.05, 0) is 38.8 Å². The Hall–Kier alpha value is -0.850. The summed E-state index contributed by atoms with van der Waals surface area (Å²) >= 11 is 0. The largest absolute Gasteiger partial charge is 0.409 e. The van der Waals surface area contributed by atoms with Crippen LogP contribution in [0.2, 0.25) is 0 Å². The lowest BCUT2D eigenvalue weighted by molar-refractivity contribution is 0.0688. The first-order valence-corrected chi connectivity index (χ1v) is 6.55. The highest BCUT2D eigenvalue weighted by atomic mass is 16.5. The molecule has 0 heterocycles. The molecule has 0 aliphatic rings. The van der Waals surface area contributed by atoms with Crippen LogP contribution in [0.15, 0.2) is 5.16 Å². The van der Waals surface area contributed by atoms with Crippen LogP contribution in [0.3, 0.4) is 0 Å². The van der Waals surface area contributed by atoms with Gasteiger partial charge in [0, 0.05) is 20.1 Å². The van der Waals surface area contributed by atoms with Gasteiger partial charge in [0.25, 0.3) is 0 Å². The topological polar surface area (TPSA) is 89.1 Å². The number of hydrogen-bond acceptors (Lipinski definition) is 5. The van der Waals surface area contributed by atoms with Gasteiger partial charge in [-0.15, -0.1) is 0 Å². The van der Waals surface area contributed by atoms with Gasteiger partial charge < -0.3 is 25.7 Å². The molecule has 0 saturated heterocycles. The molecule has 0 aromatic carbocycles. The standard InChI is InChI=1S/C12H27N3O3/c1-17-10-11-18-9-5-4-8-14-7-3-2-6-12(13)15-16/h14,16H,2-11H2,1H3,(H2,13,15). The van der Waals surface area contributed by atoms with E-state index in [1.54, 1.807) is 7.11 Å². The molecule has 0 saturated carbocycles. The molecule has 108 valence electrons. The molecule has 6 nitrogen and oxygen atoms in total. The monoisotopic (exact) mass is 261 g/mol. The molecule has 0 fully saturated rings. The van der Waals surface area contributed by atoms with Gasteiger partial charge in [-0.25, -0.2) is 0 Å². The van der Waals surface area contributed by atoms with E-state index in [1.807, 2.05) is 0 Å². The lowest BCUT2D eigenvalue weighted by Crippen LogP contribution is -2.18. The number of nitrogens with one attached hydrogen (secondary N) is 1. The Bertz CT molecular complexity index is 201. The lowest BCUT2D eigenvalue weighted by atomic mass is 10.2. The third kappa shape index (κ3) is 13.2. The predicted molar refractivity (Wildman–Crippen MR) is 72.1 cm³/mol. The van der Waals surface area contributed by atoms with E-state index >= 15 is 0 Å². The molecule has 0 radical (unpaired) electrons. The summed E-state index contributed by atoms with van der Waals surface area (Å²) in [6.45, 7) is 4.13. The van der Waals surface area contributed by atoms with Gasteiger partial charge in [0.15, 0.2) is 0 Å². The van der Waals surface area contributed by atoms with Crippen molar-refractivity contribution in [3.8, 4) is 0 Å². The molecular weight excluding hydrogens is 234 g/mol. The minimum Gasteiger partial charge on any atom is -0.409 e. The summed E-state index contributed by atoms with van der Waals surface area (Å²) in [4.78, 5) is 0. The van der Waals surface area contributed by atoms with Crippen molar-refractivity contribution in [2.45, 2.75) is 32.1 Å². The zero-order valence-corrected chi connectivity index (χ0v) is 11.4. The predicted octanol–water partition coefficient (Wildman–Crippen LogP) is 0.936. The van der Waals surface area contributed by atoms with E-state index in [2.05, 4.69) is 10.5 Å². The fourth-order valence-electron chi connectivity index (χ4n) is 1.43. The summed E-state index contributed by atoms with van der Waals surface area (Å²) < 4.78 is 10.2. The molecule has 0 spiro atoms. The second-order valence-corrected chi connectivity index (χ2v) is 4.11. The molecule has 0 atom stereocenters. The number of rotatable bonds is 13. The van der Waals surface area contributed by atoms with Crippen molar-refractivity contribution < 1.29 is 14.7 Å². The summed E-state index contributed by atoms with van der Waals surface area (Å²) in [5, 5.41) is 14.6. The van der Waals surface area contributed by atoms with E-state index in [9.17, 15) is 0 Å². The molecule has 0 bridgehead atoms. The summed E-state index contributed by atoms with van der Waals surface area (Å²) in [5.74, 6) is 0.309. The molecule has 0 rings (SSSR count). The molecule has 0 amide bonds. The molecule has 0 unspecified atom stereocenters. The number of hydrogen-bond donors (Lipinski definition) is 3. The van der Waals surface area contributed by atoms with E-state index in [1.165, 1.54) is 0 Å². The fraction of sp³-hybridized carbons (Fsp3) is 0.917. The van der Waals surface area contributed by atoms with Crippen molar-refractivity contribution in [3.05, 3.63) is 0 Å². The number of nitrogens with zero attached hydrogens (tertiary/aromatic N) is 1. The Morgan fingerprint density at radius 3 is 2.50 bits per heavy atom. The van der Waals surface area contributed by atoms with Crippen LogP contribution in [0.25, 0.3) is 0 Å². The molecule has 6 heteroatoms. The van der Waals surface area contributed by atoms with Crippen LogP contribution in [0.1, 0.15) is 32.1 Å². The number of methoxy groups -OCH3 is 1. The maximum absolute atomic E-state index is 8.34. The quantitative estimate of drug-likeness (QED) is 0.151. The van der Waals surface area contributed by atoms with E-state index < -0.39 is 0 Å². The average Bonchev–Trinajstić information content (AvgIpc) is 2.39. The minimum absolute atomic E-state index is 0.309. The van der Waals surface area contributed by atoms with Crippen molar-refractivity contribution in [2.75, 3.05) is 40.0 Å². The van der Waals surface area contributed by atoms with Crippen LogP contribution in [0.5, 0.6) is 0 Å². The highest BCUT2D eigenvalue weighted by Crippen LogP contribution is 1.94. The van der Waals surface area contributed by atoms with Crippen LogP contribution < -0.4 is 11.1 Å². The van der Waals surface area contributed by atoms with Gasteiger partial charge in [0.2, 0.25) is 0 Å². The highest BCUT2D eigenvalue weighted by molar-refractivity contribution is 5.79. The first kappa shape index (κ1) is 17.2. The fourth-order valence-corrected chi connectivity index (χ4v) is 1.43. The number of nitrogens with two attached hydrogens (primary N) is 1. The summed E-state index contributed by atoms with van der Waals surface area (Å²) in [6, 6.07) is 0. The Balaban J connectivity index is 2.99. The third-order valence-electron chi connectivity index (χ3n) is 2.49. The molecular formula is C12H27N3O3. The normalized spacial score (nSPS) is 11.9. The van der Waals surface area contributed by atoms with Crippen molar-refractivity contribution >= 4 is 5.84 Å². The van der Waals surface area contributed by atoms with Crippen LogP contribution in [-0.4, -0.2) is 51.1 Å². The molecule has 0 aromatic rings. The van der Waals surface area contributed by atoms with E-state index in [-0.39, 0.29) is 0 Å². The number of amidine groups is 1. The summed E-state index contributed by atoms with van der Waals surface area (Å²) in [7, 11) is 1.67. The van der Waals surface area contributed by atoms with Gasteiger partial charge in [-0.2, -0.15) is 0 Å². The Kier molecular flexibility index (Phi) is 13.5. The maximum Gasteiger partial charge on any atom is 0.139 e. The van der Waals surface area contributed by atoms with Gasteiger partial charge in [0.05, 0.1) is 13.2 Å². The molecule has 18 heavy (non-hydrogen) atoms. The summed E-state index contributed by atoms with van der Waals surface area (Å²) in [5.41, 5.74) is 5.36. The molecule has 4 N–H and O–H groups in total. The minimum atomic E-state index is 0.309. The van der Waals surface area contributed by atoms with Crippen LogP contribution in [0.4, 0.5) is 0 Å². The van der Waals surface area contributed by atoms with E-state index in [4.69, 9.17) is 20.4 Å². The maximum atomic E-state index is 8.34. The van der Waals surface area contributed by atoms with Crippen LogP contribution in [-0.2, 0) is 9.47 Å². The van der Waals surface area contributed by atoms with Gasteiger partial charge in [-0.1, -0.05) is 5.16 Å². The lowest BCUT2D eigenvalue weighted by Gasteiger charge is -2.05. The van der Waals surface area contributed by atoms with Gasteiger partial charge in [0.1, 0.15) is 5.84 Å². The smallest absolute Gasteiger partial charge is 0.139 e. The zero-order chi connectivity index (χ0) is 13.5. The van der Waals surface area contributed by atoms with Crippen molar-refractivity contribution in [1.82, 2.24) is 5.32 Å². The third-order valence-corrected chi connectivity index (χ3v) is 2.49. The van der Waals surface area contributed by atoms with Crippen molar-refractivity contribution in [3.63, 3.8) is 0 Å². The second kappa shape index (κ2) is 14.2. The van der Waals surface area contributed by atoms with Gasteiger partial charge >= 0.3 is 0 Å². The highest BCUT2D eigenvalue weighted by Gasteiger charge is 1.94. The Morgan fingerprint density at radius 1 is 1.11 bits per heavy atom. The molecule has 0 aliphatic heterocycles. The Morgan fingerprint density at radius 2 is 1.83 bits per heavy atom. The van der Waals surface area contributed by atoms with Crippen LogP contribution in [0, 0.1) is 0 Å². The molecule has 0 aliphatic carbocycles. The SMILES string of the molecule is COCCOCCCCNCCCCC(N)=NO. The zero-order valence-electron chi connectivity index (χ0n) is 11.4. The second-order valence-electron chi connectivity index (χ2n) is 4.11. The first-order valence-electron chi connectivity index (χ1n) is 6.55. The van der Waals surface area contributed by atoms with E-state index in [0.717, 1.165) is 45.4 Å². The average molecular weight is 261 g/mol. The van der Waals surface area contributed by atoms with Crippen molar-refractivity contribution in [1.29, 1.82) is 0 Å². The van der Waals surface area contributed by atoms with Crippen molar-refractivity contribution in [2.24, 2.45) is 10.9 Å². The summed E-state index contributed by atoms with van der Waals surface area (Å²) in [6.07, 6.45) is 4.84. The van der Waals surface area contributed by atoms with E-state index in [0.29, 0.717) is 25.5 Å². The number of ether oxygens (including phenoxy) is 2. The molecule has 0 aromatic heterocycles.